The van der Waals surface area contributed by atoms with Gasteiger partial charge in [0, 0.05) is 26.2 Å². The number of hydrogen-bond acceptors (Lipinski definition) is 5. The molecule has 2 atom stereocenters. The molecule has 152 valence electrons. The zero-order valence-electron chi connectivity index (χ0n) is 14.0. The lowest BCUT2D eigenvalue weighted by molar-refractivity contribution is -0.274. The van der Waals surface area contributed by atoms with Crippen LogP contribution in [-0.2, 0) is 14.8 Å². The van der Waals surface area contributed by atoms with Gasteiger partial charge in [0.2, 0.25) is 15.9 Å². The van der Waals surface area contributed by atoms with E-state index in [4.69, 9.17) is 0 Å². The van der Waals surface area contributed by atoms with Gasteiger partial charge in [-0.2, -0.15) is 0 Å². The molecule has 0 unspecified atom stereocenters. The number of hydrogen-bond donors (Lipinski definition) is 2. The van der Waals surface area contributed by atoms with Crippen molar-refractivity contribution in [1.29, 1.82) is 0 Å². The summed E-state index contributed by atoms with van der Waals surface area (Å²) in [6.45, 7) is 2.51. The summed E-state index contributed by atoms with van der Waals surface area (Å²) >= 11 is 0. The number of sulfonamides is 1. The van der Waals surface area contributed by atoms with Gasteiger partial charge in [0.1, 0.15) is 5.75 Å². The summed E-state index contributed by atoms with van der Waals surface area (Å²) in [6, 6.07) is 3.77. The molecule has 0 saturated carbocycles. The predicted molar refractivity (Wildman–Crippen MR) is 92.0 cm³/mol. The number of carbonyl (C=O) groups is 1. The third-order valence-electron chi connectivity index (χ3n) is 4.52. The molecule has 7 nitrogen and oxygen atoms in total. The van der Waals surface area contributed by atoms with E-state index in [0.717, 1.165) is 37.4 Å². The molecule has 1 aromatic carbocycles. The Balaban J connectivity index is 0.00000261. The van der Waals surface area contributed by atoms with Crippen LogP contribution in [0.15, 0.2) is 29.2 Å². The van der Waals surface area contributed by atoms with E-state index in [-0.39, 0.29) is 23.2 Å². The Kier molecular flexibility index (Phi) is 6.61. The maximum absolute atomic E-state index is 12.2. The standard InChI is InChI=1S/C15H18F3N3O4S.ClH/c16-15(17,18)25-12-1-3-13(4-2-12)26(23,24)20-7-14(22)21-8-10-5-19-6-11(10)9-21;/h1-4,10-11,19-20H,5-9H2;1H/t10-,11+;. The highest BCUT2D eigenvalue weighted by Crippen LogP contribution is 2.26. The molecule has 2 aliphatic heterocycles. The van der Waals surface area contributed by atoms with Gasteiger partial charge in [-0.1, -0.05) is 0 Å². The minimum atomic E-state index is -4.85. The predicted octanol–water partition coefficient (Wildman–Crippen LogP) is 0.963. The summed E-state index contributed by atoms with van der Waals surface area (Å²) < 4.78 is 66.6. The van der Waals surface area contributed by atoms with Crippen molar-refractivity contribution in [3.8, 4) is 5.75 Å². The molecule has 2 saturated heterocycles. The SMILES string of the molecule is Cl.O=C(CNS(=O)(=O)c1ccc(OC(F)(F)F)cc1)N1C[C@H]2CNC[C@H]2C1. The fourth-order valence-electron chi connectivity index (χ4n) is 3.23. The highest BCUT2D eigenvalue weighted by Gasteiger charge is 2.38. The Morgan fingerprint density at radius 1 is 1.19 bits per heavy atom. The molecule has 0 radical (unpaired) electrons. The lowest BCUT2D eigenvalue weighted by Crippen LogP contribution is -2.40. The van der Waals surface area contributed by atoms with Crippen molar-refractivity contribution in [3.05, 3.63) is 24.3 Å². The average Bonchev–Trinajstić information content (AvgIpc) is 3.13. The quantitative estimate of drug-likeness (QED) is 0.728. The van der Waals surface area contributed by atoms with E-state index in [1.807, 2.05) is 0 Å². The Morgan fingerprint density at radius 2 is 1.74 bits per heavy atom. The van der Waals surface area contributed by atoms with Crippen LogP contribution in [0, 0.1) is 11.8 Å². The van der Waals surface area contributed by atoms with Crippen LogP contribution < -0.4 is 14.8 Å². The molecular formula is C15H19ClF3N3O4S. The summed E-state index contributed by atoms with van der Waals surface area (Å²) in [5.41, 5.74) is 0. The number of nitrogens with one attached hydrogen (secondary N) is 2. The molecule has 0 bridgehead atoms. The van der Waals surface area contributed by atoms with E-state index in [1.54, 1.807) is 4.90 Å². The Bertz CT molecular complexity index is 762. The molecule has 2 N–H and O–H groups in total. The van der Waals surface area contributed by atoms with Crippen LogP contribution in [0.4, 0.5) is 13.2 Å². The van der Waals surface area contributed by atoms with Crippen molar-refractivity contribution in [1.82, 2.24) is 14.9 Å². The van der Waals surface area contributed by atoms with Gasteiger partial charge in [-0.05, 0) is 36.1 Å². The summed E-state index contributed by atoms with van der Waals surface area (Å²) in [7, 11) is -4.01. The van der Waals surface area contributed by atoms with Crippen molar-refractivity contribution in [2.75, 3.05) is 32.7 Å². The zero-order chi connectivity index (χ0) is 18.9. The second kappa shape index (κ2) is 8.21. The van der Waals surface area contributed by atoms with Crippen molar-refractivity contribution in [3.63, 3.8) is 0 Å². The molecule has 2 heterocycles. The molecule has 1 amide bonds. The van der Waals surface area contributed by atoms with Crippen molar-refractivity contribution >= 4 is 28.3 Å². The third-order valence-corrected chi connectivity index (χ3v) is 5.94. The van der Waals surface area contributed by atoms with Crippen LogP contribution in [-0.4, -0.2) is 58.3 Å². The van der Waals surface area contributed by atoms with E-state index >= 15 is 0 Å². The first-order valence-corrected chi connectivity index (χ1v) is 9.46. The molecule has 3 rings (SSSR count). The second-order valence-electron chi connectivity index (χ2n) is 6.32. The van der Waals surface area contributed by atoms with Crippen molar-refractivity contribution < 1.29 is 31.1 Å². The number of nitrogens with zero attached hydrogens (tertiary/aromatic N) is 1. The van der Waals surface area contributed by atoms with Gasteiger partial charge in [0.05, 0.1) is 11.4 Å². The average molecular weight is 430 g/mol. The number of carbonyl (C=O) groups excluding carboxylic acids is 1. The minimum absolute atomic E-state index is 0. The summed E-state index contributed by atoms with van der Waals surface area (Å²) in [5, 5.41) is 3.25. The number of ether oxygens (including phenoxy) is 1. The van der Waals surface area contributed by atoms with Gasteiger partial charge >= 0.3 is 6.36 Å². The number of amides is 1. The van der Waals surface area contributed by atoms with E-state index in [2.05, 4.69) is 14.8 Å². The van der Waals surface area contributed by atoms with Gasteiger partial charge in [-0.25, -0.2) is 13.1 Å². The van der Waals surface area contributed by atoms with Gasteiger partial charge in [0.15, 0.2) is 0 Å². The number of alkyl halides is 3. The molecule has 12 heteroatoms. The molecule has 27 heavy (non-hydrogen) atoms. The number of rotatable bonds is 5. The van der Waals surface area contributed by atoms with Crippen LogP contribution >= 0.6 is 12.4 Å². The van der Waals surface area contributed by atoms with E-state index in [9.17, 15) is 26.4 Å². The minimum Gasteiger partial charge on any atom is -0.406 e. The first-order chi connectivity index (χ1) is 12.1. The van der Waals surface area contributed by atoms with Gasteiger partial charge in [-0.3, -0.25) is 4.79 Å². The highest BCUT2D eigenvalue weighted by molar-refractivity contribution is 7.89. The normalized spacial score (nSPS) is 22.3. The number of benzene rings is 1. The van der Waals surface area contributed by atoms with Crippen LogP contribution in [0.1, 0.15) is 0 Å². The monoisotopic (exact) mass is 429 g/mol. The molecule has 2 aliphatic rings. The topological polar surface area (TPSA) is 87.7 Å². The molecule has 1 aromatic rings. The van der Waals surface area contributed by atoms with E-state index in [0.29, 0.717) is 24.9 Å². The first kappa shape index (κ1) is 21.7. The summed E-state index contributed by atoms with van der Waals surface area (Å²) in [5.74, 6) is -0.0433. The van der Waals surface area contributed by atoms with Crippen LogP contribution in [0.5, 0.6) is 5.75 Å². The van der Waals surface area contributed by atoms with Crippen molar-refractivity contribution in [2.24, 2.45) is 11.8 Å². The fraction of sp³-hybridized carbons (Fsp3) is 0.533. The number of halogens is 4. The Labute approximate surface area is 160 Å². The first-order valence-electron chi connectivity index (χ1n) is 7.98. The largest absolute Gasteiger partial charge is 0.573 e. The third kappa shape index (κ3) is 5.47. The lowest BCUT2D eigenvalue weighted by Gasteiger charge is -2.18. The van der Waals surface area contributed by atoms with E-state index in [1.165, 1.54) is 0 Å². The van der Waals surface area contributed by atoms with Crippen LogP contribution in [0.2, 0.25) is 0 Å². The molecule has 0 spiro atoms. The summed E-state index contributed by atoms with van der Waals surface area (Å²) in [6.07, 6.45) is -4.85. The number of fused-ring (bicyclic) bond motifs is 1. The number of likely N-dealkylation sites (tertiary alicyclic amines) is 1. The van der Waals surface area contributed by atoms with E-state index < -0.39 is 28.7 Å². The Hall–Kier alpha value is -1.56. The molecule has 0 aliphatic carbocycles. The smallest absolute Gasteiger partial charge is 0.406 e. The van der Waals surface area contributed by atoms with Gasteiger partial charge in [0.25, 0.3) is 0 Å². The lowest BCUT2D eigenvalue weighted by atomic mass is 10.0. The Morgan fingerprint density at radius 3 is 2.26 bits per heavy atom. The zero-order valence-corrected chi connectivity index (χ0v) is 15.7. The molecule has 2 fully saturated rings. The van der Waals surface area contributed by atoms with Crippen LogP contribution in [0.3, 0.4) is 0 Å². The highest BCUT2D eigenvalue weighted by atomic mass is 35.5. The van der Waals surface area contributed by atoms with Gasteiger partial charge < -0.3 is 15.0 Å². The summed E-state index contributed by atoms with van der Waals surface area (Å²) in [4.78, 5) is 13.6. The second-order valence-corrected chi connectivity index (χ2v) is 8.09. The maximum atomic E-state index is 12.2. The van der Waals surface area contributed by atoms with Gasteiger partial charge in [-0.15, -0.1) is 25.6 Å². The van der Waals surface area contributed by atoms with Crippen molar-refractivity contribution in [2.45, 2.75) is 11.3 Å². The maximum Gasteiger partial charge on any atom is 0.573 e. The fourth-order valence-corrected chi connectivity index (χ4v) is 4.21. The van der Waals surface area contributed by atoms with Crippen LogP contribution in [0.25, 0.3) is 0 Å². The molecular weight excluding hydrogens is 411 g/mol. The molecule has 0 aromatic heterocycles.